The first kappa shape index (κ1) is 20.8. The number of carbonyl (C=O) groups is 1. The number of fused-ring (bicyclic) bond motifs is 1. The third kappa shape index (κ3) is 4.19. The second-order valence-electron chi connectivity index (χ2n) is 6.76. The number of rotatable bonds is 5. The van der Waals surface area contributed by atoms with Crippen LogP contribution in [-0.2, 0) is 11.8 Å². The van der Waals surface area contributed by atoms with Gasteiger partial charge in [0.05, 0.1) is 23.9 Å². The maximum atomic E-state index is 12.6. The van der Waals surface area contributed by atoms with E-state index in [0.29, 0.717) is 40.0 Å². The predicted molar refractivity (Wildman–Crippen MR) is 120 cm³/mol. The monoisotopic (exact) mass is 432 g/mol. The molecular formula is C22H20N6O4. The zero-order valence-electron chi connectivity index (χ0n) is 17.6. The smallest absolute Gasteiger partial charge is 0.412 e. The van der Waals surface area contributed by atoms with Crippen LogP contribution >= 0.6 is 0 Å². The van der Waals surface area contributed by atoms with E-state index in [4.69, 9.17) is 4.74 Å². The molecule has 1 aromatic carbocycles. The quantitative estimate of drug-likeness (QED) is 0.492. The summed E-state index contributed by atoms with van der Waals surface area (Å²) in [5.74, 6) is 1.86. The number of amides is 1. The van der Waals surface area contributed by atoms with Gasteiger partial charge in [-0.05, 0) is 30.3 Å². The Kier molecular flexibility index (Phi) is 5.67. The van der Waals surface area contributed by atoms with Crippen molar-refractivity contribution in [3.8, 4) is 22.8 Å². The normalized spacial score (nSPS) is 10.6. The van der Waals surface area contributed by atoms with Gasteiger partial charge in [0.1, 0.15) is 17.3 Å². The Morgan fingerprint density at radius 2 is 1.88 bits per heavy atom. The number of hydrogen-bond acceptors (Lipinski definition) is 8. The molecule has 162 valence electrons. The fourth-order valence-corrected chi connectivity index (χ4v) is 3.10. The van der Waals surface area contributed by atoms with E-state index in [0.717, 1.165) is 5.39 Å². The van der Waals surface area contributed by atoms with E-state index in [1.54, 1.807) is 38.4 Å². The Morgan fingerprint density at radius 1 is 1.06 bits per heavy atom. The van der Waals surface area contributed by atoms with E-state index < -0.39 is 6.09 Å². The summed E-state index contributed by atoms with van der Waals surface area (Å²) in [5, 5.41) is 6.20. The molecule has 1 amide bonds. The van der Waals surface area contributed by atoms with Gasteiger partial charge in [-0.15, -0.1) is 0 Å². The lowest BCUT2D eigenvalue weighted by Crippen LogP contribution is -2.22. The van der Waals surface area contributed by atoms with Gasteiger partial charge in [0.25, 0.3) is 5.56 Å². The minimum atomic E-state index is -0.618. The van der Waals surface area contributed by atoms with Crippen LogP contribution in [0.15, 0.2) is 59.7 Å². The molecule has 0 atom stereocenters. The van der Waals surface area contributed by atoms with Gasteiger partial charge < -0.3 is 14.8 Å². The van der Waals surface area contributed by atoms with E-state index in [2.05, 4.69) is 30.3 Å². The highest BCUT2D eigenvalue weighted by Gasteiger charge is 2.11. The van der Waals surface area contributed by atoms with Crippen molar-refractivity contribution in [1.82, 2.24) is 19.5 Å². The summed E-state index contributed by atoms with van der Waals surface area (Å²) in [7, 11) is 4.63. The largest absolute Gasteiger partial charge is 0.457 e. The molecule has 0 saturated carbocycles. The van der Waals surface area contributed by atoms with Crippen molar-refractivity contribution in [3.05, 3.63) is 65.2 Å². The number of hydrogen-bond donors (Lipinski definition) is 2. The summed E-state index contributed by atoms with van der Waals surface area (Å²) in [6, 6.07) is 12.3. The van der Waals surface area contributed by atoms with Crippen LogP contribution in [0, 0.1) is 0 Å². The van der Waals surface area contributed by atoms with Crippen molar-refractivity contribution in [1.29, 1.82) is 0 Å². The van der Waals surface area contributed by atoms with E-state index in [-0.39, 0.29) is 5.56 Å². The number of methoxy groups -OCH3 is 1. The molecular weight excluding hydrogens is 412 g/mol. The summed E-state index contributed by atoms with van der Waals surface area (Å²) in [6.07, 6.45) is 2.42. The molecule has 10 nitrogen and oxygen atoms in total. The van der Waals surface area contributed by atoms with Crippen molar-refractivity contribution >= 4 is 28.8 Å². The standard InChI is InChI=1S/C22H20N6O4/c1-23-21-25-12-16(20(29)28(21)2)18-6-4-13-10-14(5-7-17(13)26-18)32-15-8-9-24-19(11-15)27-22(30)31-3/h4-12H,1-3H3,(H,23,25)(H,24,27,30). The summed E-state index contributed by atoms with van der Waals surface area (Å²) in [4.78, 5) is 36.9. The lowest BCUT2D eigenvalue weighted by molar-refractivity contribution is 0.187. The molecule has 0 spiro atoms. The van der Waals surface area contributed by atoms with Crippen molar-refractivity contribution in [3.63, 3.8) is 0 Å². The second kappa shape index (κ2) is 8.72. The zero-order valence-corrected chi connectivity index (χ0v) is 17.6. The molecule has 0 saturated heterocycles. The third-order valence-electron chi connectivity index (χ3n) is 4.71. The van der Waals surface area contributed by atoms with Crippen molar-refractivity contribution in [2.75, 3.05) is 24.8 Å². The Hall–Kier alpha value is -4.47. The number of benzene rings is 1. The van der Waals surface area contributed by atoms with Crippen LogP contribution < -0.4 is 20.9 Å². The van der Waals surface area contributed by atoms with Crippen LogP contribution in [0.4, 0.5) is 16.6 Å². The van der Waals surface area contributed by atoms with Gasteiger partial charge >= 0.3 is 6.09 Å². The van der Waals surface area contributed by atoms with Crippen LogP contribution in [0.25, 0.3) is 22.2 Å². The van der Waals surface area contributed by atoms with E-state index >= 15 is 0 Å². The van der Waals surface area contributed by atoms with Gasteiger partial charge in [-0.2, -0.15) is 0 Å². The predicted octanol–water partition coefficient (Wildman–Crippen LogP) is 3.40. The summed E-state index contributed by atoms with van der Waals surface area (Å²) in [6.45, 7) is 0. The number of carbonyl (C=O) groups excluding carboxylic acids is 1. The van der Waals surface area contributed by atoms with E-state index in [1.807, 2.05) is 18.2 Å². The van der Waals surface area contributed by atoms with Gasteiger partial charge in [0, 0.05) is 37.9 Å². The fraction of sp³-hybridized carbons (Fsp3) is 0.136. The molecule has 0 aliphatic carbocycles. The number of nitrogens with one attached hydrogen (secondary N) is 2. The fourth-order valence-electron chi connectivity index (χ4n) is 3.10. The average molecular weight is 432 g/mol. The topological polar surface area (TPSA) is 120 Å². The highest BCUT2D eigenvalue weighted by Crippen LogP contribution is 2.27. The third-order valence-corrected chi connectivity index (χ3v) is 4.71. The van der Waals surface area contributed by atoms with Crippen LogP contribution in [0.5, 0.6) is 11.5 Å². The Labute approximate surface area is 182 Å². The first-order valence-corrected chi connectivity index (χ1v) is 9.62. The maximum absolute atomic E-state index is 12.6. The average Bonchev–Trinajstić information content (AvgIpc) is 2.80. The molecule has 32 heavy (non-hydrogen) atoms. The van der Waals surface area contributed by atoms with Crippen LogP contribution in [0.1, 0.15) is 0 Å². The molecule has 3 aromatic heterocycles. The zero-order chi connectivity index (χ0) is 22.7. The summed E-state index contributed by atoms with van der Waals surface area (Å²) >= 11 is 0. The highest BCUT2D eigenvalue weighted by molar-refractivity contribution is 5.84. The number of pyridine rings is 2. The minimum absolute atomic E-state index is 0.190. The first-order valence-electron chi connectivity index (χ1n) is 9.62. The summed E-state index contributed by atoms with van der Waals surface area (Å²) in [5.41, 5.74) is 1.47. The number of anilines is 2. The Morgan fingerprint density at radius 3 is 2.66 bits per heavy atom. The van der Waals surface area contributed by atoms with Gasteiger partial charge in [-0.1, -0.05) is 6.07 Å². The lowest BCUT2D eigenvalue weighted by atomic mass is 10.1. The van der Waals surface area contributed by atoms with Gasteiger partial charge in [-0.3, -0.25) is 14.7 Å². The van der Waals surface area contributed by atoms with Gasteiger partial charge in [0.15, 0.2) is 0 Å². The summed E-state index contributed by atoms with van der Waals surface area (Å²) < 4.78 is 11.9. The van der Waals surface area contributed by atoms with Gasteiger partial charge in [0.2, 0.25) is 5.95 Å². The number of nitrogens with zero attached hydrogens (tertiary/aromatic N) is 4. The van der Waals surface area contributed by atoms with Crippen molar-refractivity contribution < 1.29 is 14.3 Å². The van der Waals surface area contributed by atoms with Crippen LogP contribution in [0.2, 0.25) is 0 Å². The Bertz CT molecular complexity index is 1370. The minimum Gasteiger partial charge on any atom is -0.457 e. The molecule has 0 radical (unpaired) electrons. The highest BCUT2D eigenvalue weighted by atomic mass is 16.5. The lowest BCUT2D eigenvalue weighted by Gasteiger charge is -2.10. The molecule has 0 fully saturated rings. The molecule has 10 heteroatoms. The number of aromatic nitrogens is 4. The molecule has 4 rings (SSSR count). The Balaban J connectivity index is 1.60. The molecule has 4 aromatic rings. The molecule has 0 unspecified atom stereocenters. The molecule has 0 aliphatic heterocycles. The molecule has 0 bridgehead atoms. The van der Waals surface area contributed by atoms with E-state index in [1.165, 1.54) is 24.1 Å². The first-order chi connectivity index (χ1) is 15.5. The molecule has 3 heterocycles. The van der Waals surface area contributed by atoms with Crippen LogP contribution in [0.3, 0.4) is 0 Å². The maximum Gasteiger partial charge on any atom is 0.412 e. The second-order valence-corrected chi connectivity index (χ2v) is 6.76. The van der Waals surface area contributed by atoms with Crippen molar-refractivity contribution in [2.45, 2.75) is 0 Å². The van der Waals surface area contributed by atoms with Crippen LogP contribution in [-0.4, -0.2) is 39.8 Å². The van der Waals surface area contributed by atoms with Crippen molar-refractivity contribution in [2.24, 2.45) is 7.05 Å². The van der Waals surface area contributed by atoms with Gasteiger partial charge in [-0.25, -0.2) is 19.7 Å². The van der Waals surface area contributed by atoms with E-state index in [9.17, 15) is 9.59 Å². The SMILES string of the molecule is CNc1ncc(-c2ccc3cc(Oc4ccnc(NC(=O)OC)c4)ccc3n2)c(=O)n1C. The number of ether oxygens (including phenoxy) is 2. The molecule has 0 aliphatic rings. The molecule has 2 N–H and O–H groups in total.